The molecule has 0 spiro atoms. The second-order valence-corrected chi connectivity index (χ2v) is 6.96. The molecule has 0 aliphatic carbocycles. The fraction of sp³-hybridized carbons (Fsp3) is 0.400. The number of nitrogens with two attached hydrogens (primary N) is 1. The lowest BCUT2D eigenvalue weighted by molar-refractivity contribution is -0.381. The molecule has 0 unspecified atom stereocenters. The molecule has 0 fully saturated rings. The first kappa shape index (κ1) is 20.7. The average molecular weight is 501 g/mol. The molecule has 0 saturated heterocycles. The molecule has 0 heterocycles. The Labute approximate surface area is 144 Å². The molecule has 0 aliphatic rings. The van der Waals surface area contributed by atoms with Gasteiger partial charge in [-0.2, -0.15) is 39.5 Å². The van der Waals surface area contributed by atoms with E-state index in [1.165, 1.54) is 0 Å². The van der Waals surface area contributed by atoms with Crippen LogP contribution in [0, 0.1) is 0 Å². The lowest BCUT2D eigenvalue weighted by Crippen LogP contribution is -2.59. The molecule has 0 bridgehead atoms. The first-order chi connectivity index (χ1) is 10.0. The van der Waals surface area contributed by atoms with Crippen molar-refractivity contribution in [1.82, 2.24) is 0 Å². The van der Waals surface area contributed by atoms with E-state index in [4.69, 9.17) is 5.73 Å². The van der Waals surface area contributed by atoms with E-state index in [2.05, 4.69) is 31.9 Å². The summed E-state index contributed by atoms with van der Waals surface area (Å²) in [6, 6.07) is 1.56. The zero-order chi connectivity index (χ0) is 18.4. The third-order valence-electron chi connectivity index (χ3n) is 2.41. The van der Waals surface area contributed by atoms with E-state index in [1.54, 1.807) is 0 Å². The zero-order valence-electron chi connectivity index (χ0n) is 10.3. The Morgan fingerprint density at radius 1 is 0.783 bits per heavy atom. The first-order valence-corrected chi connectivity index (χ1v) is 7.58. The molecule has 23 heavy (non-hydrogen) atoms. The van der Waals surface area contributed by atoms with Gasteiger partial charge in [-0.05, 0) is 55.8 Å². The van der Waals surface area contributed by atoms with E-state index >= 15 is 0 Å². The molecule has 0 aromatic heterocycles. The topological polar surface area (TPSA) is 26.0 Å². The largest absolute Gasteiger partial charge is 0.460 e. The lowest BCUT2D eigenvalue weighted by atomic mass is 10.1. The monoisotopic (exact) mass is 499 g/mol. The maximum absolute atomic E-state index is 13.4. The molecule has 1 rings (SSSR count). The van der Waals surface area contributed by atoms with Gasteiger partial charge in [0.15, 0.2) is 0 Å². The molecule has 0 atom stereocenters. The number of hydrogen-bond acceptors (Lipinski definition) is 2. The minimum Gasteiger partial charge on any atom is -0.397 e. The van der Waals surface area contributed by atoms with Gasteiger partial charge in [0.2, 0.25) is 0 Å². The Kier molecular flexibility index (Phi) is 5.60. The van der Waals surface area contributed by atoms with Gasteiger partial charge < -0.3 is 5.73 Å². The number of halogens is 11. The van der Waals surface area contributed by atoms with Gasteiger partial charge in [-0.25, -0.2) is 0 Å². The van der Waals surface area contributed by atoms with Crippen LogP contribution in [0.3, 0.4) is 0 Å². The highest BCUT2D eigenvalue weighted by atomic mass is 79.9. The van der Waals surface area contributed by atoms with Gasteiger partial charge in [-0.1, -0.05) is 0 Å². The molecule has 13 heteroatoms. The standard InChI is InChI=1S/C10H4Br2F9NS/c11-4-1-3(2-5(12)6(4)22)23-10(20,21)8(15,16)7(13,14)9(17,18)19/h1-2H,22H2. The Morgan fingerprint density at radius 3 is 1.52 bits per heavy atom. The summed E-state index contributed by atoms with van der Waals surface area (Å²) in [7, 11) is 0. The fourth-order valence-electron chi connectivity index (χ4n) is 1.19. The lowest BCUT2D eigenvalue weighted by Gasteiger charge is -2.33. The number of benzene rings is 1. The van der Waals surface area contributed by atoms with Crippen LogP contribution in [0.4, 0.5) is 45.2 Å². The summed E-state index contributed by atoms with van der Waals surface area (Å²) in [5.74, 6) is -13.6. The van der Waals surface area contributed by atoms with Crippen molar-refractivity contribution in [1.29, 1.82) is 0 Å². The van der Waals surface area contributed by atoms with E-state index in [9.17, 15) is 39.5 Å². The Hall–Kier alpha value is -0.300. The maximum atomic E-state index is 13.4. The van der Waals surface area contributed by atoms with Crippen LogP contribution < -0.4 is 5.73 Å². The van der Waals surface area contributed by atoms with Gasteiger partial charge in [-0.3, -0.25) is 0 Å². The molecule has 132 valence electrons. The maximum Gasteiger partial charge on any atom is 0.460 e. The van der Waals surface area contributed by atoms with Gasteiger partial charge in [0, 0.05) is 13.8 Å². The van der Waals surface area contributed by atoms with Crippen LogP contribution >= 0.6 is 43.6 Å². The van der Waals surface area contributed by atoms with Gasteiger partial charge in [-0.15, -0.1) is 0 Å². The normalized spacial score (nSPS) is 14.2. The summed E-state index contributed by atoms with van der Waals surface area (Å²) in [6.45, 7) is 0. The number of alkyl halides is 9. The first-order valence-electron chi connectivity index (χ1n) is 5.18. The van der Waals surface area contributed by atoms with Crippen molar-refractivity contribution in [2.75, 3.05) is 5.73 Å². The average Bonchev–Trinajstić information content (AvgIpc) is 2.33. The second kappa shape index (κ2) is 6.21. The Balaban J connectivity index is 3.26. The molecule has 0 aliphatic heterocycles. The van der Waals surface area contributed by atoms with Crippen LogP contribution in [0.15, 0.2) is 26.0 Å². The minimum absolute atomic E-state index is 0.00921. The number of anilines is 1. The van der Waals surface area contributed by atoms with Crippen molar-refractivity contribution in [2.24, 2.45) is 0 Å². The quantitative estimate of drug-likeness (QED) is 0.298. The van der Waals surface area contributed by atoms with Crippen LogP contribution in [0.1, 0.15) is 0 Å². The summed E-state index contributed by atoms with van der Waals surface area (Å²) in [4.78, 5) is -0.708. The highest BCUT2D eigenvalue weighted by Crippen LogP contribution is 2.58. The molecule has 2 N–H and O–H groups in total. The molecule has 1 aromatic carbocycles. The zero-order valence-corrected chi connectivity index (χ0v) is 14.3. The Morgan fingerprint density at radius 2 is 1.17 bits per heavy atom. The fourth-order valence-corrected chi connectivity index (χ4v) is 3.59. The van der Waals surface area contributed by atoms with E-state index < -0.39 is 39.9 Å². The number of thioether (sulfide) groups is 1. The number of hydrogen-bond donors (Lipinski definition) is 1. The predicted octanol–water partition coefficient (Wildman–Crippen LogP) is 6.31. The van der Waals surface area contributed by atoms with Crippen molar-refractivity contribution in [3.05, 3.63) is 21.1 Å². The van der Waals surface area contributed by atoms with Crippen molar-refractivity contribution in [2.45, 2.75) is 28.2 Å². The van der Waals surface area contributed by atoms with E-state index in [-0.39, 0.29) is 14.6 Å². The summed E-state index contributed by atoms with van der Waals surface area (Å²) < 4.78 is 114. The second-order valence-electron chi connectivity index (χ2n) is 4.07. The van der Waals surface area contributed by atoms with Crippen molar-refractivity contribution in [3.8, 4) is 0 Å². The predicted molar refractivity (Wildman–Crippen MR) is 73.0 cm³/mol. The van der Waals surface area contributed by atoms with Crippen LogP contribution in [0.2, 0.25) is 0 Å². The summed E-state index contributed by atoms with van der Waals surface area (Å²) >= 11 is 4.45. The smallest absolute Gasteiger partial charge is 0.397 e. The van der Waals surface area contributed by atoms with Crippen molar-refractivity contribution in [3.63, 3.8) is 0 Å². The van der Waals surface area contributed by atoms with E-state index in [0.29, 0.717) is 0 Å². The van der Waals surface area contributed by atoms with E-state index in [0.717, 1.165) is 12.1 Å². The molecule has 0 saturated carbocycles. The summed E-state index contributed by atoms with van der Waals surface area (Å²) in [5.41, 5.74) is 5.41. The molecule has 1 nitrogen and oxygen atoms in total. The molecule has 0 amide bonds. The minimum atomic E-state index is -6.92. The summed E-state index contributed by atoms with van der Waals surface area (Å²) in [6.07, 6.45) is -6.84. The van der Waals surface area contributed by atoms with Crippen LogP contribution in [0.25, 0.3) is 0 Å². The van der Waals surface area contributed by atoms with Crippen LogP contribution in [-0.2, 0) is 0 Å². The van der Waals surface area contributed by atoms with Gasteiger partial charge in [0.1, 0.15) is 0 Å². The van der Waals surface area contributed by atoms with Crippen LogP contribution in [0.5, 0.6) is 0 Å². The summed E-state index contributed by atoms with van der Waals surface area (Å²) in [5, 5.41) is -5.75. The van der Waals surface area contributed by atoms with Crippen LogP contribution in [-0.4, -0.2) is 23.3 Å². The SMILES string of the molecule is Nc1c(Br)cc(SC(F)(F)C(F)(F)C(F)(F)C(F)(F)F)cc1Br. The number of rotatable bonds is 4. The molecule has 0 radical (unpaired) electrons. The van der Waals surface area contributed by atoms with Gasteiger partial charge in [0.05, 0.1) is 5.69 Å². The van der Waals surface area contributed by atoms with E-state index in [1.807, 2.05) is 0 Å². The molecule has 1 aromatic rings. The highest BCUT2D eigenvalue weighted by Gasteiger charge is 2.82. The van der Waals surface area contributed by atoms with Crippen molar-refractivity contribution < 1.29 is 39.5 Å². The Bertz CT molecular complexity index is 579. The highest BCUT2D eigenvalue weighted by molar-refractivity contribution is 9.11. The van der Waals surface area contributed by atoms with Gasteiger partial charge >= 0.3 is 23.3 Å². The van der Waals surface area contributed by atoms with Crippen molar-refractivity contribution >= 4 is 49.3 Å². The molecular weight excluding hydrogens is 497 g/mol. The third kappa shape index (κ3) is 3.70. The molecular formula is C10H4Br2F9NS. The third-order valence-corrected chi connectivity index (χ3v) is 4.71. The van der Waals surface area contributed by atoms with Gasteiger partial charge in [0.25, 0.3) is 0 Å². The number of nitrogen functional groups attached to an aromatic ring is 1.